The summed E-state index contributed by atoms with van der Waals surface area (Å²) in [6.45, 7) is 2.05. The third-order valence-electron chi connectivity index (χ3n) is 3.18. The van der Waals surface area contributed by atoms with E-state index >= 15 is 0 Å². The van der Waals surface area contributed by atoms with Crippen LogP contribution in [0.3, 0.4) is 0 Å². The number of aliphatic hydroxyl groups is 1. The molecule has 0 bridgehead atoms. The highest BCUT2D eigenvalue weighted by atomic mass is 32.2. The number of imidazole rings is 1. The molecule has 2 rings (SSSR count). The third-order valence-corrected chi connectivity index (χ3v) is 4.26. The zero-order valence-corrected chi connectivity index (χ0v) is 13.6. The number of aryl methyl sites for hydroxylation is 1. The van der Waals surface area contributed by atoms with Crippen molar-refractivity contribution in [2.45, 2.75) is 36.7 Å². The molecule has 0 spiro atoms. The number of hydrogen-bond acceptors (Lipinski definition) is 5. The number of carbonyl (C=O) groups is 1. The number of furan rings is 1. The van der Waals surface area contributed by atoms with E-state index in [-0.39, 0.29) is 18.6 Å². The van der Waals surface area contributed by atoms with Gasteiger partial charge in [0.2, 0.25) is 0 Å². The van der Waals surface area contributed by atoms with Crippen molar-refractivity contribution < 1.29 is 14.3 Å². The van der Waals surface area contributed by atoms with E-state index in [4.69, 9.17) is 9.52 Å². The molecule has 0 aliphatic carbocycles. The van der Waals surface area contributed by atoms with E-state index in [1.165, 1.54) is 0 Å². The van der Waals surface area contributed by atoms with Crippen LogP contribution in [0.15, 0.2) is 34.1 Å². The van der Waals surface area contributed by atoms with Crippen LogP contribution in [0.2, 0.25) is 0 Å². The van der Waals surface area contributed by atoms with Crippen LogP contribution in [-0.2, 0) is 12.8 Å². The van der Waals surface area contributed by atoms with Gasteiger partial charge in [0, 0.05) is 32.1 Å². The molecule has 2 N–H and O–H groups in total. The Kier molecular flexibility index (Phi) is 6.09. The second-order valence-electron chi connectivity index (χ2n) is 5.12. The van der Waals surface area contributed by atoms with Gasteiger partial charge in [-0.3, -0.25) is 4.79 Å². The van der Waals surface area contributed by atoms with Crippen molar-refractivity contribution in [1.82, 2.24) is 14.9 Å². The van der Waals surface area contributed by atoms with Gasteiger partial charge in [-0.05, 0) is 31.9 Å². The Bertz CT molecular complexity index is 609. The van der Waals surface area contributed by atoms with Crippen LogP contribution in [0.4, 0.5) is 0 Å². The molecule has 0 aromatic carbocycles. The Balaban J connectivity index is 1.85. The lowest BCUT2D eigenvalue weighted by Gasteiger charge is -2.11. The molecule has 0 aliphatic rings. The van der Waals surface area contributed by atoms with Gasteiger partial charge in [0.1, 0.15) is 5.76 Å². The Labute approximate surface area is 133 Å². The zero-order chi connectivity index (χ0) is 15.9. The molecule has 0 aliphatic heterocycles. The summed E-state index contributed by atoms with van der Waals surface area (Å²) in [6, 6.07) is 3.50. The molecule has 1 atom stereocenters. The predicted octanol–water partition coefficient (Wildman–Crippen LogP) is 2.20. The lowest BCUT2D eigenvalue weighted by atomic mass is 10.2. The lowest BCUT2D eigenvalue weighted by molar-refractivity contribution is 0.0907. The van der Waals surface area contributed by atoms with Gasteiger partial charge in [-0.25, -0.2) is 4.98 Å². The average molecular weight is 323 g/mol. The number of aliphatic hydroxyl groups excluding tert-OH is 1. The van der Waals surface area contributed by atoms with E-state index in [0.29, 0.717) is 17.9 Å². The first-order valence-electron chi connectivity index (χ1n) is 7.20. The van der Waals surface area contributed by atoms with Crippen molar-refractivity contribution in [2.75, 3.05) is 6.61 Å². The van der Waals surface area contributed by atoms with Gasteiger partial charge in [0.05, 0.1) is 5.75 Å². The Morgan fingerprint density at radius 3 is 3.05 bits per heavy atom. The molecule has 7 heteroatoms. The summed E-state index contributed by atoms with van der Waals surface area (Å²) >= 11 is 1.56. The van der Waals surface area contributed by atoms with Crippen LogP contribution in [0.25, 0.3) is 0 Å². The van der Waals surface area contributed by atoms with Gasteiger partial charge in [0.25, 0.3) is 5.91 Å². The minimum Gasteiger partial charge on any atom is -0.455 e. The molecule has 1 amide bonds. The first-order chi connectivity index (χ1) is 10.6. The van der Waals surface area contributed by atoms with E-state index in [0.717, 1.165) is 17.3 Å². The second-order valence-corrected chi connectivity index (χ2v) is 6.06. The number of nitrogens with one attached hydrogen (secondary N) is 1. The van der Waals surface area contributed by atoms with E-state index in [2.05, 4.69) is 10.3 Å². The predicted molar refractivity (Wildman–Crippen MR) is 84.7 cm³/mol. The molecule has 0 fully saturated rings. The minimum atomic E-state index is -0.223. The Hall–Kier alpha value is -1.73. The topological polar surface area (TPSA) is 80.3 Å². The monoisotopic (exact) mass is 323 g/mol. The van der Waals surface area contributed by atoms with Gasteiger partial charge in [-0.15, -0.1) is 0 Å². The summed E-state index contributed by atoms with van der Waals surface area (Å²) in [6.07, 6.45) is 5.05. The quantitative estimate of drug-likeness (QED) is 0.728. The van der Waals surface area contributed by atoms with Gasteiger partial charge in [-0.2, -0.15) is 0 Å². The van der Waals surface area contributed by atoms with Crippen molar-refractivity contribution in [3.05, 3.63) is 36.0 Å². The highest BCUT2D eigenvalue weighted by molar-refractivity contribution is 7.98. The number of hydrogen-bond donors (Lipinski definition) is 2. The maximum Gasteiger partial charge on any atom is 0.287 e. The van der Waals surface area contributed by atoms with Crippen molar-refractivity contribution >= 4 is 17.7 Å². The second kappa shape index (κ2) is 8.05. The molecule has 2 aromatic rings. The average Bonchev–Trinajstić information content (AvgIpc) is 3.12. The van der Waals surface area contributed by atoms with Crippen LogP contribution >= 0.6 is 11.8 Å². The molecule has 22 heavy (non-hydrogen) atoms. The number of amides is 1. The molecule has 2 aromatic heterocycles. The molecule has 0 saturated heterocycles. The normalized spacial score (nSPS) is 12.3. The fourth-order valence-electron chi connectivity index (χ4n) is 1.97. The number of aromatic nitrogens is 2. The van der Waals surface area contributed by atoms with Crippen LogP contribution < -0.4 is 5.32 Å². The fraction of sp³-hybridized carbons (Fsp3) is 0.467. The number of thioether (sulfide) groups is 1. The van der Waals surface area contributed by atoms with Gasteiger partial charge in [-0.1, -0.05) is 11.8 Å². The summed E-state index contributed by atoms with van der Waals surface area (Å²) in [7, 11) is 1.93. The largest absolute Gasteiger partial charge is 0.455 e. The summed E-state index contributed by atoms with van der Waals surface area (Å²) in [5, 5.41) is 12.5. The van der Waals surface area contributed by atoms with Crippen LogP contribution in [-0.4, -0.2) is 33.2 Å². The van der Waals surface area contributed by atoms with Crippen LogP contribution in [0.1, 0.15) is 36.1 Å². The molecular formula is C15H21N3O3S. The molecule has 6 nitrogen and oxygen atoms in total. The first kappa shape index (κ1) is 16.6. The Morgan fingerprint density at radius 2 is 2.36 bits per heavy atom. The molecule has 120 valence electrons. The summed E-state index contributed by atoms with van der Waals surface area (Å²) in [5.41, 5.74) is 0. The Morgan fingerprint density at radius 1 is 1.55 bits per heavy atom. The number of carbonyl (C=O) groups excluding carboxylic acids is 1. The summed E-state index contributed by atoms with van der Waals surface area (Å²) in [4.78, 5) is 16.3. The fourth-order valence-corrected chi connectivity index (χ4v) is 2.80. The SMILES string of the molecule is CC(CCCO)NC(=O)c1ccc(CSc2nccn2C)o1. The van der Waals surface area contributed by atoms with E-state index in [1.54, 1.807) is 24.0 Å². The maximum atomic E-state index is 12.0. The first-order valence-corrected chi connectivity index (χ1v) is 8.19. The third kappa shape index (κ3) is 4.64. The van der Waals surface area contributed by atoms with Crippen LogP contribution in [0.5, 0.6) is 0 Å². The highest BCUT2D eigenvalue weighted by Gasteiger charge is 2.14. The molecular weight excluding hydrogens is 302 g/mol. The van der Waals surface area contributed by atoms with Crippen molar-refractivity contribution in [2.24, 2.45) is 7.05 Å². The summed E-state index contributed by atoms with van der Waals surface area (Å²) in [5.74, 6) is 1.45. The smallest absolute Gasteiger partial charge is 0.287 e. The van der Waals surface area contributed by atoms with Gasteiger partial charge < -0.3 is 19.4 Å². The lowest BCUT2D eigenvalue weighted by Crippen LogP contribution is -2.32. The molecule has 0 saturated carbocycles. The number of nitrogens with zero attached hydrogens (tertiary/aromatic N) is 2. The standard InChI is InChI=1S/C15H21N3O3S/c1-11(4-3-9-19)17-14(20)13-6-5-12(21-13)10-22-15-16-7-8-18(15)2/h5-8,11,19H,3-4,9-10H2,1-2H3,(H,17,20). The zero-order valence-electron chi connectivity index (χ0n) is 12.8. The molecule has 1 unspecified atom stereocenters. The van der Waals surface area contributed by atoms with Crippen molar-refractivity contribution in [1.29, 1.82) is 0 Å². The van der Waals surface area contributed by atoms with Gasteiger partial charge >= 0.3 is 0 Å². The van der Waals surface area contributed by atoms with E-state index < -0.39 is 0 Å². The molecule has 0 radical (unpaired) electrons. The number of rotatable bonds is 8. The molecule has 2 heterocycles. The van der Waals surface area contributed by atoms with E-state index in [1.807, 2.05) is 30.8 Å². The maximum absolute atomic E-state index is 12.0. The van der Waals surface area contributed by atoms with Crippen LogP contribution in [0, 0.1) is 0 Å². The van der Waals surface area contributed by atoms with Crippen molar-refractivity contribution in [3.8, 4) is 0 Å². The van der Waals surface area contributed by atoms with Gasteiger partial charge in [0.15, 0.2) is 10.9 Å². The summed E-state index contributed by atoms with van der Waals surface area (Å²) < 4.78 is 7.50. The highest BCUT2D eigenvalue weighted by Crippen LogP contribution is 2.21. The van der Waals surface area contributed by atoms with Crippen molar-refractivity contribution in [3.63, 3.8) is 0 Å². The van der Waals surface area contributed by atoms with E-state index in [9.17, 15) is 4.79 Å². The minimum absolute atomic E-state index is 0.00939.